The van der Waals surface area contributed by atoms with Crippen molar-refractivity contribution in [2.24, 2.45) is 12.5 Å². The molecule has 2 aromatic rings. The summed E-state index contributed by atoms with van der Waals surface area (Å²) in [4.78, 5) is 0. The molecule has 1 heterocycles. The maximum Gasteiger partial charge on any atom is 0.0483 e. The number of hydrogen-bond donors (Lipinski definition) is 1. The molecule has 1 aromatic carbocycles. The average molecular weight is 288 g/mol. The van der Waals surface area contributed by atoms with Gasteiger partial charge in [-0.15, -0.1) is 0 Å². The number of methoxy groups -OCH3 is 1. The van der Waals surface area contributed by atoms with Gasteiger partial charge in [0.05, 0.1) is 0 Å². The first kappa shape index (κ1) is 16.1. The normalized spacial score (nSPS) is 12.2. The zero-order valence-electron chi connectivity index (χ0n) is 14.0. The van der Waals surface area contributed by atoms with Crippen LogP contribution in [0.3, 0.4) is 0 Å². The lowest BCUT2D eigenvalue weighted by atomic mass is 9.90. The van der Waals surface area contributed by atoms with E-state index in [1.54, 1.807) is 7.11 Å². The Balaban J connectivity index is 2.04. The molecule has 0 radical (unpaired) electrons. The van der Waals surface area contributed by atoms with Crippen molar-refractivity contribution in [2.45, 2.75) is 33.7 Å². The van der Waals surface area contributed by atoms with Gasteiger partial charge in [0.2, 0.25) is 0 Å². The van der Waals surface area contributed by atoms with Crippen LogP contribution in [0.1, 0.15) is 31.5 Å². The highest BCUT2D eigenvalue weighted by atomic mass is 16.5. The Morgan fingerprint density at radius 1 is 1.24 bits per heavy atom. The van der Waals surface area contributed by atoms with Gasteiger partial charge in [0.25, 0.3) is 0 Å². The average Bonchev–Trinajstić information content (AvgIpc) is 2.71. The van der Waals surface area contributed by atoms with Crippen LogP contribution < -0.4 is 5.32 Å². The second-order valence-corrected chi connectivity index (χ2v) is 6.66. The molecule has 0 unspecified atom stereocenters. The number of nitrogens with one attached hydrogen (secondary N) is 1. The highest BCUT2D eigenvalue weighted by Crippen LogP contribution is 2.25. The van der Waals surface area contributed by atoms with E-state index in [4.69, 9.17) is 4.74 Å². The predicted molar refractivity (Wildman–Crippen MR) is 89.6 cm³/mol. The minimum Gasteiger partial charge on any atom is -0.385 e. The third kappa shape index (κ3) is 3.66. The lowest BCUT2D eigenvalue weighted by Crippen LogP contribution is -2.30. The summed E-state index contributed by atoms with van der Waals surface area (Å²) in [5, 5.41) is 4.97. The van der Waals surface area contributed by atoms with Crippen LogP contribution in [0.4, 0.5) is 0 Å². The Morgan fingerprint density at radius 2 is 1.95 bits per heavy atom. The Labute approximate surface area is 128 Å². The molecule has 0 aliphatic rings. The van der Waals surface area contributed by atoms with Gasteiger partial charge in [-0.05, 0) is 30.4 Å². The number of rotatable bonds is 7. The summed E-state index contributed by atoms with van der Waals surface area (Å²) in [7, 11) is 3.92. The standard InChI is InChI=1S/C18H28N2O/c1-14-15-8-6-7-9-16(15)20(4)17(14)12-19-13-18(2,3)10-11-21-5/h6-9,19H,10-13H2,1-5H3. The quantitative estimate of drug-likeness (QED) is 0.842. The molecule has 0 fully saturated rings. The van der Waals surface area contributed by atoms with Crippen LogP contribution in [0.25, 0.3) is 10.9 Å². The summed E-state index contributed by atoms with van der Waals surface area (Å²) < 4.78 is 7.49. The molecule has 0 saturated heterocycles. The first-order valence-corrected chi connectivity index (χ1v) is 7.69. The van der Waals surface area contributed by atoms with Crippen LogP contribution in [-0.4, -0.2) is 24.8 Å². The van der Waals surface area contributed by atoms with Crippen molar-refractivity contribution in [3.05, 3.63) is 35.5 Å². The maximum atomic E-state index is 5.19. The van der Waals surface area contributed by atoms with Crippen molar-refractivity contribution in [1.29, 1.82) is 0 Å². The second-order valence-electron chi connectivity index (χ2n) is 6.66. The molecular formula is C18H28N2O. The Morgan fingerprint density at radius 3 is 2.62 bits per heavy atom. The van der Waals surface area contributed by atoms with Crippen molar-refractivity contribution in [2.75, 3.05) is 20.3 Å². The largest absolute Gasteiger partial charge is 0.385 e. The number of ether oxygens (including phenoxy) is 1. The van der Waals surface area contributed by atoms with Crippen LogP contribution in [0.15, 0.2) is 24.3 Å². The number of aromatic nitrogens is 1. The van der Waals surface area contributed by atoms with Crippen molar-refractivity contribution < 1.29 is 4.74 Å². The highest BCUT2D eigenvalue weighted by Gasteiger charge is 2.18. The first-order chi connectivity index (χ1) is 9.96. The monoisotopic (exact) mass is 288 g/mol. The molecule has 21 heavy (non-hydrogen) atoms. The number of aryl methyl sites for hydroxylation is 2. The predicted octanol–water partition coefficient (Wildman–Crippen LogP) is 3.64. The number of fused-ring (bicyclic) bond motifs is 1. The third-order valence-electron chi connectivity index (χ3n) is 4.39. The van der Waals surface area contributed by atoms with Crippen molar-refractivity contribution in [3.8, 4) is 0 Å². The third-order valence-corrected chi connectivity index (χ3v) is 4.39. The Bertz CT molecular complexity index is 560. The second kappa shape index (κ2) is 6.63. The zero-order valence-corrected chi connectivity index (χ0v) is 14.0. The number of nitrogens with zero attached hydrogens (tertiary/aromatic N) is 1. The summed E-state index contributed by atoms with van der Waals surface area (Å²) in [5.41, 5.74) is 4.33. The van der Waals surface area contributed by atoms with Gasteiger partial charge in [-0.2, -0.15) is 0 Å². The molecule has 1 N–H and O–H groups in total. The van der Waals surface area contributed by atoms with Gasteiger partial charge in [-0.25, -0.2) is 0 Å². The zero-order chi connectivity index (χ0) is 15.5. The van der Waals surface area contributed by atoms with Crippen molar-refractivity contribution in [1.82, 2.24) is 9.88 Å². The molecule has 2 rings (SSSR count). The van der Waals surface area contributed by atoms with E-state index in [0.29, 0.717) is 0 Å². The maximum absolute atomic E-state index is 5.19. The number of benzene rings is 1. The van der Waals surface area contributed by atoms with E-state index in [0.717, 1.165) is 26.1 Å². The van der Waals surface area contributed by atoms with Gasteiger partial charge in [0, 0.05) is 50.5 Å². The smallest absolute Gasteiger partial charge is 0.0483 e. The number of para-hydroxylation sites is 1. The number of hydrogen-bond acceptors (Lipinski definition) is 2. The first-order valence-electron chi connectivity index (χ1n) is 7.69. The van der Waals surface area contributed by atoms with Gasteiger partial charge < -0.3 is 14.6 Å². The van der Waals surface area contributed by atoms with Gasteiger partial charge in [-0.1, -0.05) is 32.0 Å². The van der Waals surface area contributed by atoms with Crippen molar-refractivity contribution >= 4 is 10.9 Å². The Hall–Kier alpha value is -1.32. The van der Waals surface area contributed by atoms with Crippen LogP contribution in [-0.2, 0) is 18.3 Å². The topological polar surface area (TPSA) is 26.2 Å². The van der Waals surface area contributed by atoms with E-state index < -0.39 is 0 Å². The van der Waals surface area contributed by atoms with Gasteiger partial charge in [0.15, 0.2) is 0 Å². The van der Waals surface area contributed by atoms with Crippen LogP contribution in [0, 0.1) is 12.3 Å². The summed E-state index contributed by atoms with van der Waals surface area (Å²) >= 11 is 0. The van der Waals surface area contributed by atoms with Crippen LogP contribution >= 0.6 is 0 Å². The fourth-order valence-electron chi connectivity index (χ4n) is 2.87. The van der Waals surface area contributed by atoms with E-state index in [9.17, 15) is 0 Å². The molecule has 116 valence electrons. The molecule has 0 aliphatic heterocycles. The van der Waals surface area contributed by atoms with Gasteiger partial charge in [-0.3, -0.25) is 0 Å². The van der Waals surface area contributed by atoms with E-state index in [1.807, 2.05) is 0 Å². The van der Waals surface area contributed by atoms with Gasteiger partial charge in [0.1, 0.15) is 0 Å². The van der Waals surface area contributed by atoms with E-state index in [2.05, 4.69) is 62.0 Å². The minimum atomic E-state index is 0.258. The lowest BCUT2D eigenvalue weighted by Gasteiger charge is -2.24. The SMILES string of the molecule is COCCC(C)(C)CNCc1c(C)c2ccccc2n1C. The minimum absolute atomic E-state index is 0.258. The molecule has 0 atom stereocenters. The Kier molecular flexibility index (Phi) is 5.07. The lowest BCUT2D eigenvalue weighted by molar-refractivity contribution is 0.150. The fourth-order valence-corrected chi connectivity index (χ4v) is 2.87. The van der Waals surface area contributed by atoms with E-state index in [1.165, 1.54) is 22.2 Å². The summed E-state index contributed by atoms with van der Waals surface area (Å²) in [5.74, 6) is 0. The van der Waals surface area contributed by atoms with Crippen molar-refractivity contribution in [3.63, 3.8) is 0 Å². The molecule has 0 bridgehead atoms. The molecule has 0 saturated carbocycles. The molecule has 3 heteroatoms. The van der Waals surface area contributed by atoms with Crippen LogP contribution in [0.2, 0.25) is 0 Å². The fraction of sp³-hybridized carbons (Fsp3) is 0.556. The van der Waals surface area contributed by atoms with Gasteiger partial charge >= 0.3 is 0 Å². The molecule has 0 amide bonds. The summed E-state index contributed by atoms with van der Waals surface area (Å²) in [6.07, 6.45) is 1.07. The molecule has 0 spiro atoms. The summed E-state index contributed by atoms with van der Waals surface area (Å²) in [6.45, 7) is 9.52. The molecule has 0 aliphatic carbocycles. The van der Waals surface area contributed by atoms with E-state index >= 15 is 0 Å². The highest BCUT2D eigenvalue weighted by molar-refractivity contribution is 5.85. The molecule has 3 nitrogen and oxygen atoms in total. The van der Waals surface area contributed by atoms with E-state index in [-0.39, 0.29) is 5.41 Å². The van der Waals surface area contributed by atoms with Crippen LogP contribution in [0.5, 0.6) is 0 Å². The molecule has 1 aromatic heterocycles. The summed E-state index contributed by atoms with van der Waals surface area (Å²) in [6, 6.07) is 8.61. The molecular weight excluding hydrogens is 260 g/mol.